The Morgan fingerprint density at radius 3 is 2.64 bits per heavy atom. The summed E-state index contributed by atoms with van der Waals surface area (Å²) in [7, 11) is 0. The van der Waals surface area contributed by atoms with E-state index in [9.17, 15) is 4.79 Å². The predicted molar refractivity (Wildman–Crippen MR) is 100 cm³/mol. The zero-order valence-corrected chi connectivity index (χ0v) is 14.3. The number of benzene rings is 2. The molecule has 0 fully saturated rings. The predicted octanol–water partition coefficient (Wildman–Crippen LogP) is 5.45. The van der Waals surface area contributed by atoms with Gasteiger partial charge in [-0.25, -0.2) is 4.98 Å². The quantitative estimate of drug-likeness (QED) is 0.534. The standard InChI is InChI=1S/C20H15ClN2O2/c1-2-12-3-7-16(8-4-12)22-19(24)18-10-14-9-13-5-6-15(21)11-17(13)23-20(14)25-18/h3-11H,2H2,1H3,(H,22,24). The average molecular weight is 351 g/mol. The number of pyridine rings is 1. The van der Waals surface area contributed by atoms with Crippen LogP contribution in [0.25, 0.3) is 22.0 Å². The molecule has 25 heavy (non-hydrogen) atoms. The number of rotatable bonds is 3. The molecule has 0 radical (unpaired) electrons. The van der Waals surface area contributed by atoms with Crippen molar-refractivity contribution in [3.05, 3.63) is 70.9 Å². The molecular weight excluding hydrogens is 336 g/mol. The number of aromatic nitrogens is 1. The molecule has 0 unspecified atom stereocenters. The van der Waals surface area contributed by atoms with E-state index in [-0.39, 0.29) is 11.7 Å². The zero-order chi connectivity index (χ0) is 17.4. The van der Waals surface area contributed by atoms with Crippen molar-refractivity contribution in [2.45, 2.75) is 13.3 Å². The van der Waals surface area contributed by atoms with Crippen molar-refractivity contribution in [2.75, 3.05) is 5.32 Å². The average Bonchev–Trinajstić information content (AvgIpc) is 3.03. The molecule has 4 rings (SSSR count). The van der Waals surface area contributed by atoms with Crippen molar-refractivity contribution in [1.82, 2.24) is 4.98 Å². The summed E-state index contributed by atoms with van der Waals surface area (Å²) in [5, 5.41) is 5.17. The fraction of sp³-hybridized carbons (Fsp3) is 0.100. The minimum Gasteiger partial charge on any atom is -0.433 e. The second-order valence-corrected chi connectivity index (χ2v) is 6.27. The van der Waals surface area contributed by atoms with Gasteiger partial charge in [-0.1, -0.05) is 36.7 Å². The highest BCUT2D eigenvalue weighted by atomic mass is 35.5. The lowest BCUT2D eigenvalue weighted by molar-refractivity contribution is 0.0998. The Morgan fingerprint density at radius 1 is 1.08 bits per heavy atom. The molecule has 0 atom stereocenters. The summed E-state index contributed by atoms with van der Waals surface area (Å²) >= 11 is 6.00. The molecule has 124 valence electrons. The summed E-state index contributed by atoms with van der Waals surface area (Å²) in [6.45, 7) is 2.09. The first-order valence-electron chi connectivity index (χ1n) is 8.02. The van der Waals surface area contributed by atoms with E-state index in [1.807, 2.05) is 42.5 Å². The lowest BCUT2D eigenvalue weighted by Crippen LogP contribution is -2.10. The van der Waals surface area contributed by atoms with Crippen LogP contribution >= 0.6 is 11.6 Å². The van der Waals surface area contributed by atoms with E-state index in [4.69, 9.17) is 16.0 Å². The van der Waals surface area contributed by atoms with Crippen LogP contribution in [-0.4, -0.2) is 10.9 Å². The number of fused-ring (bicyclic) bond motifs is 2. The number of amides is 1. The Kier molecular flexibility index (Phi) is 3.90. The molecule has 2 aromatic heterocycles. The third kappa shape index (κ3) is 3.08. The van der Waals surface area contributed by atoms with Crippen LogP contribution in [0.15, 0.2) is 59.0 Å². The normalized spacial score (nSPS) is 11.1. The number of aryl methyl sites for hydroxylation is 1. The Hall–Kier alpha value is -2.85. The van der Waals surface area contributed by atoms with Gasteiger partial charge in [0.1, 0.15) is 0 Å². The third-order valence-corrected chi connectivity index (χ3v) is 4.34. The minimum absolute atomic E-state index is 0.225. The smallest absolute Gasteiger partial charge is 0.291 e. The molecular formula is C20H15ClN2O2. The van der Waals surface area contributed by atoms with Crippen LogP contribution in [0, 0.1) is 0 Å². The van der Waals surface area contributed by atoms with Crippen molar-refractivity contribution in [3.63, 3.8) is 0 Å². The highest BCUT2D eigenvalue weighted by Gasteiger charge is 2.14. The van der Waals surface area contributed by atoms with E-state index in [1.54, 1.807) is 12.1 Å². The number of anilines is 1. The van der Waals surface area contributed by atoms with Gasteiger partial charge < -0.3 is 9.73 Å². The van der Waals surface area contributed by atoms with Crippen LogP contribution in [0.2, 0.25) is 5.02 Å². The second-order valence-electron chi connectivity index (χ2n) is 5.84. The Labute approximate surface area is 149 Å². The summed E-state index contributed by atoms with van der Waals surface area (Å²) in [4.78, 5) is 16.9. The summed E-state index contributed by atoms with van der Waals surface area (Å²) in [5.41, 5.74) is 3.10. The molecule has 1 amide bonds. The van der Waals surface area contributed by atoms with Crippen LogP contribution < -0.4 is 5.32 Å². The van der Waals surface area contributed by atoms with E-state index in [0.29, 0.717) is 10.7 Å². The molecule has 0 saturated carbocycles. The van der Waals surface area contributed by atoms with Gasteiger partial charge in [0.2, 0.25) is 5.71 Å². The molecule has 2 heterocycles. The first-order valence-corrected chi connectivity index (χ1v) is 8.40. The van der Waals surface area contributed by atoms with E-state index in [0.717, 1.165) is 28.4 Å². The van der Waals surface area contributed by atoms with Gasteiger partial charge in [0.15, 0.2) is 5.76 Å². The fourth-order valence-electron chi connectivity index (χ4n) is 2.73. The van der Waals surface area contributed by atoms with Crippen LogP contribution in [-0.2, 0) is 6.42 Å². The maximum Gasteiger partial charge on any atom is 0.291 e. The van der Waals surface area contributed by atoms with E-state index in [2.05, 4.69) is 17.2 Å². The molecule has 2 aromatic carbocycles. The maximum atomic E-state index is 12.4. The first-order chi connectivity index (χ1) is 12.1. The van der Waals surface area contributed by atoms with Crippen molar-refractivity contribution in [1.29, 1.82) is 0 Å². The van der Waals surface area contributed by atoms with Crippen molar-refractivity contribution < 1.29 is 9.21 Å². The maximum absolute atomic E-state index is 12.4. The molecule has 0 aliphatic rings. The number of carbonyl (C=O) groups is 1. The summed E-state index contributed by atoms with van der Waals surface area (Å²) < 4.78 is 5.63. The fourth-order valence-corrected chi connectivity index (χ4v) is 2.89. The van der Waals surface area contributed by atoms with Gasteiger partial charge in [-0.15, -0.1) is 0 Å². The summed E-state index contributed by atoms with van der Waals surface area (Å²) in [6, 6.07) is 16.9. The van der Waals surface area contributed by atoms with Crippen molar-refractivity contribution in [3.8, 4) is 0 Å². The zero-order valence-electron chi connectivity index (χ0n) is 13.5. The van der Waals surface area contributed by atoms with Gasteiger partial charge in [-0.05, 0) is 48.4 Å². The summed E-state index contributed by atoms with van der Waals surface area (Å²) in [6.07, 6.45) is 0.959. The van der Waals surface area contributed by atoms with Gasteiger partial charge in [0.25, 0.3) is 5.91 Å². The Balaban J connectivity index is 1.65. The van der Waals surface area contributed by atoms with Gasteiger partial charge in [0, 0.05) is 21.5 Å². The molecule has 0 bridgehead atoms. The summed E-state index contributed by atoms with van der Waals surface area (Å²) in [5.74, 6) is -0.0761. The lowest BCUT2D eigenvalue weighted by Gasteiger charge is -2.03. The highest BCUT2D eigenvalue weighted by molar-refractivity contribution is 6.31. The van der Waals surface area contributed by atoms with Gasteiger partial charge >= 0.3 is 0 Å². The first kappa shape index (κ1) is 15.7. The molecule has 0 saturated heterocycles. The van der Waals surface area contributed by atoms with Gasteiger partial charge in [-0.2, -0.15) is 0 Å². The van der Waals surface area contributed by atoms with Gasteiger partial charge in [-0.3, -0.25) is 4.79 Å². The number of furan rings is 1. The van der Waals surface area contributed by atoms with Gasteiger partial charge in [0.05, 0.1) is 5.52 Å². The lowest BCUT2D eigenvalue weighted by atomic mass is 10.1. The number of nitrogens with zero attached hydrogens (tertiary/aromatic N) is 1. The molecule has 0 spiro atoms. The minimum atomic E-state index is -0.302. The van der Waals surface area contributed by atoms with Crippen molar-refractivity contribution in [2.24, 2.45) is 0 Å². The Morgan fingerprint density at radius 2 is 1.88 bits per heavy atom. The van der Waals surface area contributed by atoms with Crippen LogP contribution in [0.4, 0.5) is 5.69 Å². The monoisotopic (exact) mass is 350 g/mol. The number of hydrogen-bond acceptors (Lipinski definition) is 3. The molecule has 4 nitrogen and oxygen atoms in total. The van der Waals surface area contributed by atoms with Crippen molar-refractivity contribution >= 4 is 45.2 Å². The Bertz CT molecular complexity index is 1080. The number of hydrogen-bond donors (Lipinski definition) is 1. The SMILES string of the molecule is CCc1ccc(NC(=O)c2cc3cc4ccc(Cl)cc4nc3o2)cc1. The number of nitrogens with one attached hydrogen (secondary N) is 1. The second kappa shape index (κ2) is 6.22. The van der Waals surface area contributed by atoms with E-state index in [1.165, 1.54) is 5.56 Å². The number of halogens is 1. The molecule has 0 aliphatic carbocycles. The van der Waals surface area contributed by atoms with Crippen LogP contribution in [0.1, 0.15) is 23.0 Å². The number of carbonyl (C=O) groups excluding carboxylic acids is 1. The van der Waals surface area contributed by atoms with E-state index < -0.39 is 0 Å². The topological polar surface area (TPSA) is 55.1 Å². The molecule has 5 heteroatoms. The third-order valence-electron chi connectivity index (χ3n) is 4.11. The van der Waals surface area contributed by atoms with E-state index >= 15 is 0 Å². The molecule has 1 N–H and O–H groups in total. The van der Waals surface area contributed by atoms with Crippen LogP contribution in [0.5, 0.6) is 0 Å². The molecule has 0 aliphatic heterocycles. The molecule has 4 aromatic rings. The largest absolute Gasteiger partial charge is 0.433 e. The highest BCUT2D eigenvalue weighted by Crippen LogP contribution is 2.25. The van der Waals surface area contributed by atoms with Crippen LogP contribution in [0.3, 0.4) is 0 Å².